The molecule has 0 bridgehead atoms. The molecule has 2 amide bonds. The molecule has 33 heavy (non-hydrogen) atoms. The molecule has 0 spiro atoms. The first kappa shape index (κ1) is 23.0. The fourth-order valence-electron chi connectivity index (χ4n) is 4.83. The zero-order valence-electron chi connectivity index (χ0n) is 19.9. The summed E-state index contributed by atoms with van der Waals surface area (Å²) in [6.45, 7) is 3.77. The number of aromatic nitrogens is 1. The van der Waals surface area contributed by atoms with Gasteiger partial charge in [-0.3, -0.25) is 9.59 Å². The highest BCUT2D eigenvalue weighted by Gasteiger charge is 2.38. The molecule has 4 rings (SSSR count). The van der Waals surface area contributed by atoms with Crippen LogP contribution in [0.5, 0.6) is 0 Å². The van der Waals surface area contributed by atoms with Crippen LogP contribution in [0.15, 0.2) is 53.9 Å². The molecule has 2 unspecified atom stereocenters. The number of aryl methyl sites for hydroxylation is 1. The molecule has 1 aromatic rings. The van der Waals surface area contributed by atoms with Crippen LogP contribution in [0.2, 0.25) is 0 Å². The van der Waals surface area contributed by atoms with Crippen LogP contribution in [0, 0.1) is 11.8 Å². The Hall–Kier alpha value is -3.15. The zero-order chi connectivity index (χ0) is 23.4. The highest BCUT2D eigenvalue weighted by atomic mass is 16.2. The van der Waals surface area contributed by atoms with Gasteiger partial charge in [0.2, 0.25) is 11.8 Å². The maximum atomic E-state index is 12.8. The van der Waals surface area contributed by atoms with E-state index in [2.05, 4.69) is 60.6 Å². The lowest BCUT2D eigenvalue weighted by Crippen LogP contribution is -2.27. The van der Waals surface area contributed by atoms with Gasteiger partial charge in [-0.15, -0.1) is 0 Å². The lowest BCUT2D eigenvalue weighted by atomic mass is 9.98. The largest absolute Gasteiger partial charge is 0.383 e. The first-order valence-electron chi connectivity index (χ1n) is 11.9. The van der Waals surface area contributed by atoms with Crippen LogP contribution >= 0.6 is 0 Å². The lowest BCUT2D eigenvalue weighted by molar-refractivity contribution is -0.125. The summed E-state index contributed by atoms with van der Waals surface area (Å²) in [6.07, 6.45) is 18.7. The predicted molar refractivity (Wildman–Crippen MR) is 132 cm³/mol. The molecule has 1 aliphatic carbocycles. The maximum Gasteiger partial charge on any atom is 0.246 e. The predicted octanol–water partition coefficient (Wildman–Crippen LogP) is 4.19. The second-order valence-corrected chi connectivity index (χ2v) is 9.46. The summed E-state index contributed by atoms with van der Waals surface area (Å²) in [6, 6.07) is 2.00. The molecular weight excluding hydrogens is 412 g/mol. The SMILES string of the molecule is CCC/C=C/C(=C\N(C)C)C1=CC2CN(C(=O)/C=C/c3cnc4c(c3)CCC(=O)N4)CC2C1. The van der Waals surface area contributed by atoms with Gasteiger partial charge < -0.3 is 15.1 Å². The molecule has 2 atom stereocenters. The number of nitrogens with zero attached hydrogens (tertiary/aromatic N) is 3. The molecule has 6 heteroatoms. The van der Waals surface area contributed by atoms with Gasteiger partial charge in [0.05, 0.1) is 0 Å². The van der Waals surface area contributed by atoms with Gasteiger partial charge in [-0.1, -0.05) is 31.6 Å². The maximum absolute atomic E-state index is 12.8. The Morgan fingerprint density at radius 2 is 2.12 bits per heavy atom. The molecule has 0 radical (unpaired) electrons. The Kier molecular flexibility index (Phi) is 7.11. The van der Waals surface area contributed by atoms with Crippen molar-refractivity contribution in [2.45, 2.75) is 39.0 Å². The highest BCUT2D eigenvalue weighted by Crippen LogP contribution is 2.40. The summed E-state index contributed by atoms with van der Waals surface area (Å²) < 4.78 is 0. The quantitative estimate of drug-likeness (QED) is 0.504. The number of nitrogens with one attached hydrogen (secondary N) is 1. The van der Waals surface area contributed by atoms with E-state index in [1.54, 1.807) is 12.3 Å². The van der Waals surface area contributed by atoms with Gasteiger partial charge in [0, 0.05) is 52.1 Å². The number of rotatable bonds is 7. The van der Waals surface area contributed by atoms with Crippen LogP contribution in [-0.2, 0) is 16.0 Å². The third kappa shape index (κ3) is 5.62. The average molecular weight is 447 g/mol. The van der Waals surface area contributed by atoms with Crippen molar-refractivity contribution in [3.8, 4) is 0 Å². The number of anilines is 1. The van der Waals surface area contributed by atoms with Crippen molar-refractivity contribution >= 4 is 23.7 Å². The first-order chi connectivity index (χ1) is 15.9. The lowest BCUT2D eigenvalue weighted by Gasteiger charge is -2.17. The molecule has 0 saturated carbocycles. The molecule has 2 aliphatic heterocycles. The van der Waals surface area contributed by atoms with Crippen LogP contribution < -0.4 is 5.32 Å². The number of likely N-dealkylation sites (tertiary alicyclic amines) is 1. The molecule has 174 valence electrons. The molecule has 1 N–H and O–H groups in total. The summed E-state index contributed by atoms with van der Waals surface area (Å²) in [7, 11) is 4.12. The van der Waals surface area contributed by atoms with Crippen molar-refractivity contribution in [3.05, 3.63) is 65.0 Å². The second-order valence-electron chi connectivity index (χ2n) is 9.46. The minimum Gasteiger partial charge on any atom is -0.383 e. The van der Waals surface area contributed by atoms with E-state index >= 15 is 0 Å². The summed E-state index contributed by atoms with van der Waals surface area (Å²) in [5.74, 6) is 1.62. The van der Waals surface area contributed by atoms with E-state index in [1.165, 1.54) is 11.1 Å². The Balaban J connectivity index is 1.38. The number of carbonyl (C=O) groups is 2. The van der Waals surface area contributed by atoms with E-state index in [-0.39, 0.29) is 11.8 Å². The summed E-state index contributed by atoms with van der Waals surface area (Å²) in [5.41, 5.74) is 4.60. The molecule has 3 aliphatic rings. The number of hydrogen-bond donors (Lipinski definition) is 1. The number of fused-ring (bicyclic) bond motifs is 2. The van der Waals surface area contributed by atoms with Crippen molar-refractivity contribution in [1.29, 1.82) is 0 Å². The third-order valence-electron chi connectivity index (χ3n) is 6.51. The smallest absolute Gasteiger partial charge is 0.246 e. The van der Waals surface area contributed by atoms with Gasteiger partial charge in [-0.25, -0.2) is 4.98 Å². The third-order valence-corrected chi connectivity index (χ3v) is 6.51. The van der Waals surface area contributed by atoms with Gasteiger partial charge in [-0.05, 0) is 65.5 Å². The van der Waals surface area contributed by atoms with Gasteiger partial charge in [0.15, 0.2) is 0 Å². The Bertz CT molecular complexity index is 1030. The van der Waals surface area contributed by atoms with Crippen LogP contribution in [-0.4, -0.2) is 53.8 Å². The fraction of sp³-hybridized carbons (Fsp3) is 0.444. The zero-order valence-corrected chi connectivity index (χ0v) is 19.9. The standard InChI is InChI=1S/C27H34N4O2/c1-4-5-6-7-21(16-30(2)3)22-13-23-17-31(18-24(23)14-22)26(33)11-8-19-12-20-9-10-25(32)29-27(20)28-15-19/h6-8,11-13,15-16,23-24H,4-5,9-10,14,17-18H2,1-3H3,(H,28,29,32)/b7-6+,11-8+,21-16+. The van der Waals surface area contributed by atoms with E-state index < -0.39 is 0 Å². The van der Waals surface area contributed by atoms with E-state index in [4.69, 9.17) is 0 Å². The number of unbranched alkanes of at least 4 members (excludes halogenated alkanes) is 1. The number of amides is 2. The number of allylic oxidation sites excluding steroid dienone is 4. The Labute approximate surface area is 196 Å². The molecule has 3 heterocycles. The topological polar surface area (TPSA) is 65.5 Å². The first-order valence-corrected chi connectivity index (χ1v) is 11.9. The van der Waals surface area contributed by atoms with Crippen molar-refractivity contribution < 1.29 is 9.59 Å². The van der Waals surface area contributed by atoms with Gasteiger partial charge in [0.1, 0.15) is 5.82 Å². The minimum atomic E-state index is 0.00608. The number of pyridine rings is 1. The molecule has 1 saturated heterocycles. The van der Waals surface area contributed by atoms with Crippen LogP contribution in [0.25, 0.3) is 6.08 Å². The Morgan fingerprint density at radius 1 is 1.27 bits per heavy atom. The summed E-state index contributed by atoms with van der Waals surface area (Å²) in [5, 5.41) is 2.79. The van der Waals surface area contributed by atoms with E-state index in [1.807, 2.05) is 17.0 Å². The number of carbonyl (C=O) groups excluding carboxylic acids is 2. The van der Waals surface area contributed by atoms with Crippen molar-refractivity contribution in [3.63, 3.8) is 0 Å². The molecule has 1 fully saturated rings. The van der Waals surface area contributed by atoms with E-state index in [0.717, 1.165) is 43.5 Å². The fourth-order valence-corrected chi connectivity index (χ4v) is 4.83. The number of hydrogen-bond acceptors (Lipinski definition) is 4. The van der Waals surface area contributed by atoms with Gasteiger partial charge >= 0.3 is 0 Å². The van der Waals surface area contributed by atoms with E-state index in [9.17, 15) is 9.59 Å². The van der Waals surface area contributed by atoms with Gasteiger partial charge in [0.25, 0.3) is 0 Å². The summed E-state index contributed by atoms with van der Waals surface area (Å²) in [4.78, 5) is 32.7. The molecule has 0 aromatic carbocycles. The van der Waals surface area contributed by atoms with Crippen LogP contribution in [0.1, 0.15) is 43.7 Å². The van der Waals surface area contributed by atoms with E-state index in [0.29, 0.717) is 30.5 Å². The monoisotopic (exact) mass is 446 g/mol. The molecule has 1 aromatic heterocycles. The Morgan fingerprint density at radius 3 is 2.88 bits per heavy atom. The average Bonchev–Trinajstić information content (AvgIpc) is 3.36. The highest BCUT2D eigenvalue weighted by molar-refractivity contribution is 5.94. The second kappa shape index (κ2) is 10.2. The van der Waals surface area contributed by atoms with Crippen LogP contribution in [0.4, 0.5) is 5.82 Å². The van der Waals surface area contributed by atoms with Crippen LogP contribution in [0.3, 0.4) is 0 Å². The van der Waals surface area contributed by atoms with Crippen molar-refractivity contribution in [2.75, 3.05) is 32.5 Å². The molecule has 6 nitrogen and oxygen atoms in total. The van der Waals surface area contributed by atoms with Crippen molar-refractivity contribution in [2.24, 2.45) is 11.8 Å². The molecular formula is C27H34N4O2. The minimum absolute atomic E-state index is 0.00608. The summed E-state index contributed by atoms with van der Waals surface area (Å²) >= 11 is 0. The normalized spacial score (nSPS) is 22.5. The van der Waals surface area contributed by atoms with Crippen molar-refractivity contribution in [1.82, 2.24) is 14.8 Å². The van der Waals surface area contributed by atoms with Gasteiger partial charge in [-0.2, -0.15) is 0 Å².